The van der Waals surface area contributed by atoms with E-state index in [-0.39, 0.29) is 47.0 Å². The van der Waals surface area contributed by atoms with E-state index < -0.39 is 17.1 Å². The van der Waals surface area contributed by atoms with E-state index in [1.165, 1.54) is 6.07 Å². The molecular weight excluding hydrogens is 498 g/mol. The van der Waals surface area contributed by atoms with Crippen molar-refractivity contribution in [1.29, 1.82) is 0 Å². The lowest BCUT2D eigenvalue weighted by Gasteiger charge is -2.30. The smallest absolute Gasteiger partial charge is 0.223 e. The largest absolute Gasteiger partial charge is 0.507 e. The molecular formula is C31H27NO7. The van der Waals surface area contributed by atoms with Crippen LogP contribution in [0.4, 0.5) is 0 Å². The number of hydrogen-bond acceptors (Lipinski definition) is 7. The first kappa shape index (κ1) is 24.8. The van der Waals surface area contributed by atoms with Gasteiger partial charge < -0.3 is 29.0 Å². The van der Waals surface area contributed by atoms with E-state index in [0.717, 1.165) is 23.0 Å². The first-order valence-electron chi connectivity index (χ1n) is 12.9. The number of phenols is 2. The third-order valence-corrected chi connectivity index (χ3v) is 7.25. The van der Waals surface area contributed by atoms with Crippen molar-refractivity contribution < 1.29 is 28.9 Å². The van der Waals surface area contributed by atoms with Crippen molar-refractivity contribution in [2.45, 2.75) is 12.3 Å². The van der Waals surface area contributed by atoms with Crippen LogP contribution in [0.15, 0.2) is 81.5 Å². The highest BCUT2D eigenvalue weighted by molar-refractivity contribution is 5.91. The summed E-state index contributed by atoms with van der Waals surface area (Å²) < 4.78 is 17.7. The normalized spacial score (nSPS) is 15.8. The quantitative estimate of drug-likeness (QED) is 0.389. The first-order chi connectivity index (χ1) is 19.0. The highest BCUT2D eigenvalue weighted by atomic mass is 16.5. The van der Waals surface area contributed by atoms with Crippen LogP contribution in [-0.2, 0) is 9.53 Å². The van der Waals surface area contributed by atoms with E-state index in [0.29, 0.717) is 31.9 Å². The number of hydrogen-bond donors (Lipinski definition) is 2. The standard InChI is InChI=1S/C31H27NO7/c33-23-16-24(34)30-25(35)17-27(19-6-2-1-3-7-19)39-31(30)29(23)22(15-28(36)32-10-12-37-13-11-32)21-14-20-8-4-5-9-26(20)38-18-21/h1-9,14,16-17,22,33-34H,10-13,15,18H2/t22-/m0/s1. The van der Waals surface area contributed by atoms with Crippen LogP contribution >= 0.6 is 0 Å². The summed E-state index contributed by atoms with van der Waals surface area (Å²) in [5.74, 6) is -0.463. The molecule has 2 aliphatic heterocycles. The Morgan fingerprint density at radius 2 is 1.69 bits per heavy atom. The number of rotatable bonds is 5. The number of ether oxygens (including phenoxy) is 2. The lowest BCUT2D eigenvalue weighted by Crippen LogP contribution is -2.41. The van der Waals surface area contributed by atoms with Crippen LogP contribution in [0.2, 0.25) is 0 Å². The zero-order valence-corrected chi connectivity index (χ0v) is 21.1. The number of carbonyl (C=O) groups is 1. The number of phenolic OH excluding ortho intramolecular Hbond substituents is 2. The van der Waals surface area contributed by atoms with Gasteiger partial charge in [-0.15, -0.1) is 0 Å². The highest BCUT2D eigenvalue weighted by Gasteiger charge is 2.32. The number of para-hydroxylation sites is 1. The predicted molar refractivity (Wildman–Crippen MR) is 146 cm³/mol. The first-order valence-corrected chi connectivity index (χ1v) is 12.9. The summed E-state index contributed by atoms with van der Waals surface area (Å²) in [4.78, 5) is 28.5. The second-order valence-electron chi connectivity index (χ2n) is 9.67. The van der Waals surface area contributed by atoms with Gasteiger partial charge in [-0.3, -0.25) is 9.59 Å². The van der Waals surface area contributed by atoms with Crippen LogP contribution < -0.4 is 10.2 Å². The summed E-state index contributed by atoms with van der Waals surface area (Å²) >= 11 is 0. The van der Waals surface area contributed by atoms with Crippen molar-refractivity contribution >= 4 is 23.0 Å². The van der Waals surface area contributed by atoms with Gasteiger partial charge in [-0.25, -0.2) is 0 Å². The molecule has 0 radical (unpaired) electrons. The monoisotopic (exact) mass is 525 g/mol. The maximum absolute atomic E-state index is 13.5. The third kappa shape index (κ3) is 4.75. The fourth-order valence-electron chi connectivity index (χ4n) is 5.27. The number of carbonyl (C=O) groups excluding carboxylic acids is 1. The summed E-state index contributed by atoms with van der Waals surface area (Å²) in [5, 5.41) is 21.9. The molecule has 1 fully saturated rings. The molecule has 1 atom stereocenters. The number of fused-ring (bicyclic) bond motifs is 2. The SMILES string of the molecule is O=C(C[C@@H](C1=Cc2ccccc2OC1)c1c(O)cc(O)c2c(=O)cc(-c3ccccc3)oc12)N1CCOCC1. The number of aromatic hydroxyl groups is 2. The second kappa shape index (κ2) is 10.3. The van der Waals surface area contributed by atoms with Crippen LogP contribution in [0.25, 0.3) is 28.4 Å². The molecule has 2 aliphatic rings. The molecule has 0 saturated carbocycles. The molecule has 1 amide bonds. The van der Waals surface area contributed by atoms with E-state index in [2.05, 4.69) is 0 Å². The Hall–Kier alpha value is -4.56. The summed E-state index contributed by atoms with van der Waals surface area (Å²) in [7, 11) is 0. The molecule has 1 aromatic heterocycles. The van der Waals surface area contributed by atoms with Crippen LogP contribution in [0, 0.1) is 0 Å². The maximum atomic E-state index is 13.5. The summed E-state index contributed by atoms with van der Waals surface area (Å²) in [5.41, 5.74) is 2.10. The van der Waals surface area contributed by atoms with E-state index >= 15 is 0 Å². The van der Waals surface area contributed by atoms with Crippen LogP contribution in [0.5, 0.6) is 17.2 Å². The van der Waals surface area contributed by atoms with Crippen molar-refractivity contribution in [2.24, 2.45) is 0 Å². The minimum Gasteiger partial charge on any atom is -0.507 e. The molecule has 0 unspecified atom stereocenters. The molecule has 198 valence electrons. The molecule has 4 aromatic rings. The zero-order chi connectivity index (χ0) is 26.9. The van der Waals surface area contributed by atoms with Gasteiger partial charge in [-0.05, 0) is 17.7 Å². The van der Waals surface area contributed by atoms with Gasteiger partial charge in [0, 0.05) is 54.3 Å². The van der Waals surface area contributed by atoms with Gasteiger partial charge in [0.1, 0.15) is 40.6 Å². The van der Waals surface area contributed by atoms with Crippen molar-refractivity contribution in [2.75, 3.05) is 32.9 Å². The fraction of sp³-hybridized carbons (Fsp3) is 0.226. The number of morpholine rings is 1. The molecule has 0 aliphatic carbocycles. The Morgan fingerprint density at radius 1 is 0.949 bits per heavy atom. The van der Waals surface area contributed by atoms with Gasteiger partial charge in [-0.1, -0.05) is 48.5 Å². The van der Waals surface area contributed by atoms with Gasteiger partial charge in [0.05, 0.1) is 13.2 Å². The minimum absolute atomic E-state index is 0.00404. The molecule has 8 heteroatoms. The molecule has 39 heavy (non-hydrogen) atoms. The number of nitrogens with zero attached hydrogens (tertiary/aromatic N) is 1. The van der Waals surface area contributed by atoms with Crippen molar-refractivity contribution in [3.63, 3.8) is 0 Å². The lowest BCUT2D eigenvalue weighted by molar-refractivity contribution is -0.135. The van der Waals surface area contributed by atoms with Gasteiger partial charge in [-0.2, -0.15) is 0 Å². The van der Waals surface area contributed by atoms with Crippen LogP contribution in [0.1, 0.15) is 23.5 Å². The van der Waals surface area contributed by atoms with Gasteiger partial charge in [0.2, 0.25) is 5.91 Å². The maximum Gasteiger partial charge on any atom is 0.223 e. The molecule has 8 nitrogen and oxygen atoms in total. The van der Waals surface area contributed by atoms with Gasteiger partial charge in [0.25, 0.3) is 0 Å². The van der Waals surface area contributed by atoms with Crippen LogP contribution in [-0.4, -0.2) is 53.9 Å². The van der Waals surface area contributed by atoms with Gasteiger partial charge in [0.15, 0.2) is 5.43 Å². The topological polar surface area (TPSA) is 109 Å². The number of amides is 1. The van der Waals surface area contributed by atoms with E-state index in [9.17, 15) is 19.8 Å². The highest BCUT2D eigenvalue weighted by Crippen LogP contribution is 2.45. The van der Waals surface area contributed by atoms with E-state index in [1.807, 2.05) is 48.5 Å². The average molecular weight is 526 g/mol. The van der Waals surface area contributed by atoms with Crippen molar-refractivity contribution in [3.8, 4) is 28.6 Å². The molecule has 3 heterocycles. The second-order valence-corrected chi connectivity index (χ2v) is 9.67. The molecule has 6 rings (SSSR count). The minimum atomic E-state index is -0.689. The summed E-state index contributed by atoms with van der Waals surface area (Å²) in [6.45, 7) is 2.04. The Morgan fingerprint density at radius 3 is 2.49 bits per heavy atom. The Labute approximate surface area is 224 Å². The van der Waals surface area contributed by atoms with Crippen molar-refractivity contribution in [3.05, 3.63) is 93.7 Å². The molecule has 0 spiro atoms. The Kier molecular flexibility index (Phi) is 6.54. The molecule has 0 bridgehead atoms. The zero-order valence-electron chi connectivity index (χ0n) is 21.1. The number of benzene rings is 3. The molecule has 3 aromatic carbocycles. The van der Waals surface area contributed by atoms with Crippen molar-refractivity contribution in [1.82, 2.24) is 4.90 Å². The fourth-order valence-corrected chi connectivity index (χ4v) is 5.27. The molecule has 1 saturated heterocycles. The summed E-state index contributed by atoms with van der Waals surface area (Å²) in [6.07, 6.45) is 1.96. The average Bonchev–Trinajstić information content (AvgIpc) is 2.96. The Balaban J connectivity index is 1.55. The van der Waals surface area contributed by atoms with Gasteiger partial charge >= 0.3 is 0 Å². The van der Waals surface area contributed by atoms with Crippen LogP contribution in [0.3, 0.4) is 0 Å². The lowest BCUT2D eigenvalue weighted by atomic mass is 9.84. The predicted octanol–water partition coefficient (Wildman–Crippen LogP) is 4.68. The van der Waals surface area contributed by atoms with E-state index in [4.69, 9.17) is 13.9 Å². The Bertz CT molecular complexity index is 1630. The third-order valence-electron chi connectivity index (χ3n) is 7.25. The molecule has 2 N–H and O–H groups in total. The summed E-state index contributed by atoms with van der Waals surface area (Å²) in [6, 6.07) is 19.1. The van der Waals surface area contributed by atoms with E-state index in [1.54, 1.807) is 17.0 Å².